The van der Waals surface area contributed by atoms with Gasteiger partial charge < -0.3 is 9.47 Å². The molecule has 1 aliphatic carbocycles. The summed E-state index contributed by atoms with van der Waals surface area (Å²) in [6.45, 7) is 1.85. The number of Topliss-reactive ketones (excluding diaryl/α,β-unsaturated/α-hetero) is 1. The molecule has 1 aromatic rings. The van der Waals surface area contributed by atoms with Crippen LogP contribution in [-0.4, -0.2) is 20.0 Å². The Morgan fingerprint density at radius 2 is 1.84 bits per heavy atom. The number of aryl methyl sites for hydroxylation is 1. The molecule has 0 unspecified atom stereocenters. The number of benzene rings is 1. The van der Waals surface area contributed by atoms with Crippen molar-refractivity contribution in [2.45, 2.75) is 26.2 Å². The minimum Gasteiger partial charge on any atom is -0.493 e. The van der Waals surface area contributed by atoms with Crippen molar-refractivity contribution in [2.75, 3.05) is 14.2 Å². The summed E-state index contributed by atoms with van der Waals surface area (Å²) in [7, 11) is 3.09. The molecule has 0 aliphatic heterocycles. The second-order valence-corrected chi connectivity index (χ2v) is 4.90. The van der Waals surface area contributed by atoms with Crippen molar-refractivity contribution < 1.29 is 14.3 Å². The van der Waals surface area contributed by atoms with Crippen LogP contribution < -0.4 is 9.47 Å². The van der Waals surface area contributed by atoms with Gasteiger partial charge in [-0.25, -0.2) is 0 Å². The van der Waals surface area contributed by atoms with Gasteiger partial charge in [-0.05, 0) is 43.9 Å². The number of ether oxygens (including phenoxy) is 2. The molecule has 0 amide bonds. The zero-order valence-corrected chi connectivity index (χ0v) is 11.4. The molecule has 0 bridgehead atoms. The molecule has 0 saturated heterocycles. The third-order valence-electron chi connectivity index (χ3n) is 3.83. The smallest absolute Gasteiger partial charge is 0.183 e. The first kappa shape index (κ1) is 13.4. The van der Waals surface area contributed by atoms with Gasteiger partial charge >= 0.3 is 0 Å². The lowest BCUT2D eigenvalue weighted by atomic mass is 9.65. The lowest BCUT2D eigenvalue weighted by molar-refractivity contribution is 0.0747. The van der Waals surface area contributed by atoms with Crippen LogP contribution in [0.3, 0.4) is 0 Å². The highest BCUT2D eigenvalue weighted by molar-refractivity contribution is 6.04. The summed E-state index contributed by atoms with van der Waals surface area (Å²) in [5, 5.41) is 9.26. The number of carbonyl (C=O) groups excluding carboxylic acids is 1. The van der Waals surface area contributed by atoms with Gasteiger partial charge in [0.25, 0.3) is 0 Å². The van der Waals surface area contributed by atoms with E-state index in [0.29, 0.717) is 29.9 Å². The second-order valence-electron chi connectivity index (χ2n) is 4.90. The zero-order chi connectivity index (χ0) is 14.0. The molecule has 1 saturated carbocycles. The van der Waals surface area contributed by atoms with Crippen LogP contribution in [0.15, 0.2) is 12.1 Å². The third kappa shape index (κ3) is 2.06. The van der Waals surface area contributed by atoms with Crippen LogP contribution in [0.4, 0.5) is 0 Å². The fourth-order valence-electron chi connectivity index (χ4n) is 2.40. The Hall–Kier alpha value is -2.02. The number of ketones is 1. The predicted molar refractivity (Wildman–Crippen MR) is 70.5 cm³/mol. The highest BCUT2D eigenvalue weighted by atomic mass is 16.5. The van der Waals surface area contributed by atoms with Crippen LogP contribution in [0, 0.1) is 23.7 Å². The largest absolute Gasteiger partial charge is 0.493 e. The fourth-order valence-corrected chi connectivity index (χ4v) is 2.40. The molecule has 0 heterocycles. The topological polar surface area (TPSA) is 59.3 Å². The molecule has 2 rings (SSSR count). The van der Waals surface area contributed by atoms with Crippen LogP contribution in [-0.2, 0) is 0 Å². The number of hydrogen-bond acceptors (Lipinski definition) is 4. The first-order valence-corrected chi connectivity index (χ1v) is 6.26. The van der Waals surface area contributed by atoms with Gasteiger partial charge in [0.15, 0.2) is 17.3 Å². The molecular formula is C15H17NO3. The molecule has 0 atom stereocenters. The van der Waals surface area contributed by atoms with Gasteiger partial charge in [-0.15, -0.1) is 0 Å². The van der Waals surface area contributed by atoms with Gasteiger partial charge in [-0.2, -0.15) is 5.26 Å². The van der Waals surface area contributed by atoms with Crippen LogP contribution in [0.2, 0.25) is 0 Å². The number of nitriles is 1. The summed E-state index contributed by atoms with van der Waals surface area (Å²) in [4.78, 5) is 12.5. The number of rotatable bonds is 4. The van der Waals surface area contributed by atoms with Crippen molar-refractivity contribution in [1.82, 2.24) is 0 Å². The Bertz CT molecular complexity index is 553. The number of methoxy groups -OCH3 is 2. The Morgan fingerprint density at radius 1 is 1.26 bits per heavy atom. The van der Waals surface area contributed by atoms with E-state index < -0.39 is 5.41 Å². The van der Waals surface area contributed by atoms with Gasteiger partial charge in [-0.3, -0.25) is 4.79 Å². The van der Waals surface area contributed by atoms with Crippen molar-refractivity contribution in [3.8, 4) is 17.6 Å². The highest BCUT2D eigenvalue weighted by Gasteiger charge is 2.45. The maximum atomic E-state index is 12.5. The van der Waals surface area contributed by atoms with E-state index in [1.54, 1.807) is 19.2 Å². The maximum Gasteiger partial charge on any atom is 0.183 e. The van der Waals surface area contributed by atoms with Gasteiger partial charge in [0.1, 0.15) is 5.41 Å². The van der Waals surface area contributed by atoms with Crippen molar-refractivity contribution in [3.63, 3.8) is 0 Å². The van der Waals surface area contributed by atoms with Crippen LogP contribution in [0.1, 0.15) is 35.2 Å². The third-order valence-corrected chi connectivity index (χ3v) is 3.83. The average molecular weight is 259 g/mol. The first-order valence-electron chi connectivity index (χ1n) is 6.26. The predicted octanol–water partition coefficient (Wildman–Crippen LogP) is 2.89. The van der Waals surface area contributed by atoms with Gasteiger partial charge in [0, 0.05) is 5.56 Å². The quantitative estimate of drug-likeness (QED) is 0.780. The second kappa shape index (κ2) is 4.93. The van der Waals surface area contributed by atoms with Crippen molar-refractivity contribution in [3.05, 3.63) is 23.3 Å². The van der Waals surface area contributed by atoms with E-state index in [0.717, 1.165) is 12.0 Å². The zero-order valence-electron chi connectivity index (χ0n) is 11.4. The highest BCUT2D eigenvalue weighted by Crippen LogP contribution is 2.44. The van der Waals surface area contributed by atoms with E-state index in [9.17, 15) is 10.1 Å². The van der Waals surface area contributed by atoms with E-state index in [2.05, 4.69) is 6.07 Å². The minimum atomic E-state index is -0.829. The van der Waals surface area contributed by atoms with Gasteiger partial charge in [-0.1, -0.05) is 0 Å². The summed E-state index contributed by atoms with van der Waals surface area (Å²) in [6.07, 6.45) is 2.23. The van der Waals surface area contributed by atoms with Crippen LogP contribution >= 0.6 is 0 Å². The molecule has 19 heavy (non-hydrogen) atoms. The molecule has 1 aromatic carbocycles. The summed E-state index contributed by atoms with van der Waals surface area (Å²) in [6, 6.07) is 5.63. The minimum absolute atomic E-state index is 0.0975. The molecule has 4 heteroatoms. The van der Waals surface area contributed by atoms with Crippen LogP contribution in [0.25, 0.3) is 0 Å². The molecule has 4 nitrogen and oxygen atoms in total. The first-order chi connectivity index (χ1) is 9.07. The van der Waals surface area contributed by atoms with Crippen molar-refractivity contribution in [1.29, 1.82) is 5.26 Å². The molecule has 0 aromatic heterocycles. The summed E-state index contributed by atoms with van der Waals surface area (Å²) in [5.41, 5.74) is 0.535. The van der Waals surface area contributed by atoms with Crippen molar-refractivity contribution in [2.24, 2.45) is 5.41 Å². The average Bonchev–Trinajstić information content (AvgIpc) is 2.37. The molecule has 1 fully saturated rings. The Morgan fingerprint density at radius 3 is 2.26 bits per heavy atom. The molecule has 1 aliphatic rings. The Labute approximate surface area is 112 Å². The van der Waals surface area contributed by atoms with Crippen LogP contribution in [0.5, 0.6) is 11.5 Å². The molecular weight excluding hydrogens is 242 g/mol. The lowest BCUT2D eigenvalue weighted by Gasteiger charge is -2.33. The SMILES string of the molecule is COc1cc(C)c(C(=O)C2(C#N)CCC2)cc1OC. The molecule has 0 radical (unpaired) electrons. The number of nitrogens with zero attached hydrogens (tertiary/aromatic N) is 1. The van der Waals surface area contributed by atoms with Crippen molar-refractivity contribution >= 4 is 5.78 Å². The Kier molecular flexibility index (Phi) is 3.48. The fraction of sp³-hybridized carbons (Fsp3) is 0.467. The molecule has 0 N–H and O–H groups in total. The van der Waals surface area contributed by atoms with E-state index in [-0.39, 0.29) is 5.78 Å². The normalized spacial score (nSPS) is 16.1. The summed E-state index contributed by atoms with van der Waals surface area (Å²) in [5.74, 6) is 1.01. The molecule has 100 valence electrons. The Balaban J connectivity index is 2.46. The van der Waals surface area contributed by atoms with Gasteiger partial charge in [0.05, 0.1) is 20.3 Å². The summed E-state index contributed by atoms with van der Waals surface area (Å²) < 4.78 is 10.4. The standard InChI is InChI=1S/C15H17NO3/c1-10-7-12(18-2)13(19-3)8-11(10)14(17)15(9-16)5-4-6-15/h7-8H,4-6H2,1-3H3. The molecule has 0 spiro atoms. The van der Waals surface area contributed by atoms with E-state index in [1.165, 1.54) is 7.11 Å². The van der Waals surface area contributed by atoms with E-state index in [4.69, 9.17) is 9.47 Å². The summed E-state index contributed by atoms with van der Waals surface area (Å²) >= 11 is 0. The van der Waals surface area contributed by atoms with E-state index in [1.807, 2.05) is 6.92 Å². The maximum absolute atomic E-state index is 12.5. The van der Waals surface area contributed by atoms with E-state index >= 15 is 0 Å². The number of carbonyl (C=O) groups is 1. The lowest BCUT2D eigenvalue weighted by Crippen LogP contribution is -2.36. The number of hydrogen-bond donors (Lipinski definition) is 0. The van der Waals surface area contributed by atoms with Gasteiger partial charge in [0.2, 0.25) is 0 Å². The monoisotopic (exact) mass is 259 g/mol.